The van der Waals surface area contributed by atoms with E-state index >= 15 is 0 Å². The average Bonchev–Trinajstić information content (AvgIpc) is 2.90. The summed E-state index contributed by atoms with van der Waals surface area (Å²) in [7, 11) is 0. The summed E-state index contributed by atoms with van der Waals surface area (Å²) >= 11 is 0. The maximum absolute atomic E-state index is 6.08. The Balaban J connectivity index is 1.76. The third-order valence-electron chi connectivity index (χ3n) is 4.41. The Kier molecular flexibility index (Phi) is 4.46. The number of nitrogens with one attached hydrogen (secondary N) is 1. The van der Waals surface area contributed by atoms with Crippen molar-refractivity contribution in [3.8, 4) is 5.75 Å². The SMILES string of the molecule is Cc1ccc(C)c(OCC[NH+]2C(C(C)(C)C)=Nc3ccccc32)c1. The maximum atomic E-state index is 6.08. The van der Waals surface area contributed by atoms with Gasteiger partial charge in [-0.05, 0) is 57.9 Å². The topological polar surface area (TPSA) is 26.0 Å². The van der Waals surface area contributed by atoms with E-state index in [1.807, 2.05) is 0 Å². The molecule has 0 radical (unpaired) electrons. The standard InChI is InChI=1S/C21H26N2O/c1-15-10-11-16(2)19(14-15)24-13-12-23-18-9-7-6-8-17(18)22-20(23)21(3,4)5/h6-11,14H,12-13H2,1-5H3/p+1. The van der Waals surface area contributed by atoms with Gasteiger partial charge < -0.3 is 4.74 Å². The number of fused-ring (bicyclic) bond motifs is 1. The average molecular weight is 323 g/mol. The molecule has 3 heteroatoms. The molecule has 1 atom stereocenters. The zero-order valence-corrected chi connectivity index (χ0v) is 15.3. The van der Waals surface area contributed by atoms with Crippen LogP contribution in [0, 0.1) is 19.3 Å². The first kappa shape index (κ1) is 16.7. The summed E-state index contributed by atoms with van der Waals surface area (Å²) in [6, 6.07) is 14.8. The third kappa shape index (κ3) is 3.36. The molecule has 0 fully saturated rings. The van der Waals surface area contributed by atoms with Gasteiger partial charge in [-0.1, -0.05) is 24.3 Å². The third-order valence-corrected chi connectivity index (χ3v) is 4.41. The molecule has 0 saturated heterocycles. The monoisotopic (exact) mass is 323 g/mol. The molecule has 2 aromatic carbocycles. The smallest absolute Gasteiger partial charge is 0.212 e. The van der Waals surface area contributed by atoms with Crippen LogP contribution in [0.15, 0.2) is 47.5 Å². The molecule has 1 unspecified atom stereocenters. The first-order valence-corrected chi connectivity index (χ1v) is 8.61. The van der Waals surface area contributed by atoms with Crippen molar-refractivity contribution in [1.29, 1.82) is 0 Å². The number of hydrogen-bond donors (Lipinski definition) is 1. The van der Waals surface area contributed by atoms with Crippen LogP contribution in [-0.4, -0.2) is 19.0 Å². The van der Waals surface area contributed by atoms with E-state index in [0.717, 1.165) is 18.0 Å². The molecule has 1 heterocycles. The van der Waals surface area contributed by atoms with Gasteiger partial charge in [-0.3, -0.25) is 4.90 Å². The minimum absolute atomic E-state index is 0.0353. The van der Waals surface area contributed by atoms with E-state index in [9.17, 15) is 0 Å². The van der Waals surface area contributed by atoms with Gasteiger partial charge in [0.1, 0.15) is 24.6 Å². The number of aliphatic imine (C=N–C) groups is 1. The Labute approximate surface area is 145 Å². The molecule has 1 N–H and O–H groups in total. The van der Waals surface area contributed by atoms with Gasteiger partial charge in [-0.2, -0.15) is 4.99 Å². The van der Waals surface area contributed by atoms with E-state index in [2.05, 4.69) is 77.1 Å². The molecule has 0 amide bonds. The van der Waals surface area contributed by atoms with Crippen molar-refractivity contribution in [3.63, 3.8) is 0 Å². The van der Waals surface area contributed by atoms with Crippen LogP contribution < -0.4 is 9.64 Å². The van der Waals surface area contributed by atoms with Gasteiger partial charge >= 0.3 is 0 Å². The molecule has 2 aromatic rings. The van der Waals surface area contributed by atoms with Crippen LogP contribution >= 0.6 is 0 Å². The summed E-state index contributed by atoms with van der Waals surface area (Å²) in [6.07, 6.45) is 0. The van der Waals surface area contributed by atoms with Gasteiger partial charge in [0.15, 0.2) is 5.69 Å². The second kappa shape index (κ2) is 6.40. The molecule has 0 aliphatic carbocycles. The van der Waals surface area contributed by atoms with Crippen LogP contribution in [0.25, 0.3) is 0 Å². The fourth-order valence-corrected chi connectivity index (χ4v) is 3.14. The minimum atomic E-state index is 0.0353. The number of aryl methyl sites for hydroxylation is 2. The number of para-hydroxylation sites is 2. The van der Waals surface area contributed by atoms with E-state index < -0.39 is 0 Å². The molecule has 1 aliphatic rings. The summed E-state index contributed by atoms with van der Waals surface area (Å²) in [5.41, 5.74) is 4.79. The van der Waals surface area contributed by atoms with Crippen molar-refractivity contribution in [3.05, 3.63) is 53.6 Å². The van der Waals surface area contributed by atoms with Crippen molar-refractivity contribution in [2.24, 2.45) is 10.4 Å². The van der Waals surface area contributed by atoms with E-state index in [-0.39, 0.29) is 5.41 Å². The molecular formula is C21H27N2O+. The van der Waals surface area contributed by atoms with Gasteiger partial charge in [0.25, 0.3) is 0 Å². The molecule has 3 nitrogen and oxygen atoms in total. The van der Waals surface area contributed by atoms with Gasteiger partial charge in [0.05, 0.1) is 5.41 Å². The van der Waals surface area contributed by atoms with Gasteiger partial charge in [0.2, 0.25) is 5.84 Å². The predicted octanol–water partition coefficient (Wildman–Crippen LogP) is 3.99. The summed E-state index contributed by atoms with van der Waals surface area (Å²) < 4.78 is 6.08. The van der Waals surface area contributed by atoms with Crippen LogP contribution in [0.2, 0.25) is 0 Å². The summed E-state index contributed by atoms with van der Waals surface area (Å²) in [5.74, 6) is 2.17. The lowest BCUT2D eigenvalue weighted by molar-refractivity contribution is -0.733. The van der Waals surface area contributed by atoms with Crippen LogP contribution in [0.1, 0.15) is 31.9 Å². The van der Waals surface area contributed by atoms with E-state index in [4.69, 9.17) is 9.73 Å². The molecule has 1 aliphatic heterocycles. The molecule has 126 valence electrons. The van der Waals surface area contributed by atoms with Crippen LogP contribution in [0.3, 0.4) is 0 Å². The van der Waals surface area contributed by atoms with E-state index in [1.165, 1.54) is 27.5 Å². The highest BCUT2D eigenvalue weighted by Crippen LogP contribution is 2.29. The molecule has 0 aromatic heterocycles. The fourth-order valence-electron chi connectivity index (χ4n) is 3.14. The Morgan fingerprint density at radius 1 is 1.04 bits per heavy atom. The fraction of sp³-hybridized carbons (Fsp3) is 0.381. The van der Waals surface area contributed by atoms with Crippen LogP contribution in [-0.2, 0) is 0 Å². The van der Waals surface area contributed by atoms with Crippen molar-refractivity contribution >= 4 is 17.2 Å². The lowest BCUT2D eigenvalue weighted by atomic mass is 9.94. The number of rotatable bonds is 4. The molecule has 0 saturated carbocycles. The second-order valence-corrected chi connectivity index (χ2v) is 7.57. The lowest BCUT2D eigenvalue weighted by Gasteiger charge is -2.24. The Morgan fingerprint density at radius 2 is 1.79 bits per heavy atom. The molecule has 0 bridgehead atoms. The predicted molar refractivity (Wildman–Crippen MR) is 99.9 cm³/mol. The summed E-state index contributed by atoms with van der Waals surface area (Å²) in [4.78, 5) is 6.21. The first-order chi connectivity index (χ1) is 11.4. The minimum Gasteiger partial charge on any atom is -0.487 e. The normalized spacial score (nSPS) is 16.7. The van der Waals surface area contributed by atoms with Gasteiger partial charge in [-0.25, -0.2) is 0 Å². The number of amidine groups is 1. The maximum Gasteiger partial charge on any atom is 0.212 e. The number of hydrogen-bond acceptors (Lipinski definition) is 2. The Hall–Kier alpha value is -2.13. The van der Waals surface area contributed by atoms with E-state index in [1.54, 1.807) is 0 Å². The number of ether oxygens (including phenoxy) is 1. The molecule has 24 heavy (non-hydrogen) atoms. The van der Waals surface area contributed by atoms with Crippen LogP contribution in [0.5, 0.6) is 5.75 Å². The quantitative estimate of drug-likeness (QED) is 0.904. The van der Waals surface area contributed by atoms with Crippen molar-refractivity contribution in [1.82, 2.24) is 0 Å². The number of nitrogens with zero attached hydrogens (tertiary/aromatic N) is 1. The Bertz CT molecular complexity index is 772. The molecule has 3 rings (SSSR count). The number of benzene rings is 2. The van der Waals surface area contributed by atoms with Crippen LogP contribution in [0.4, 0.5) is 11.4 Å². The zero-order chi connectivity index (χ0) is 17.3. The number of quaternary nitrogens is 1. The van der Waals surface area contributed by atoms with Crippen molar-refractivity contribution < 1.29 is 9.64 Å². The Morgan fingerprint density at radius 3 is 2.54 bits per heavy atom. The zero-order valence-electron chi connectivity index (χ0n) is 15.3. The largest absolute Gasteiger partial charge is 0.487 e. The summed E-state index contributed by atoms with van der Waals surface area (Å²) in [5, 5.41) is 0. The second-order valence-electron chi connectivity index (χ2n) is 7.57. The lowest BCUT2D eigenvalue weighted by Crippen LogP contribution is -3.11. The van der Waals surface area contributed by atoms with Crippen molar-refractivity contribution in [2.45, 2.75) is 34.6 Å². The van der Waals surface area contributed by atoms with Gasteiger partial charge in [0, 0.05) is 6.07 Å². The molecule has 0 spiro atoms. The highest BCUT2D eigenvalue weighted by atomic mass is 16.5. The molecular weight excluding hydrogens is 296 g/mol. The first-order valence-electron chi connectivity index (χ1n) is 8.61. The van der Waals surface area contributed by atoms with E-state index in [0.29, 0.717) is 6.61 Å². The van der Waals surface area contributed by atoms with Gasteiger partial charge in [-0.15, -0.1) is 0 Å². The summed E-state index contributed by atoms with van der Waals surface area (Å²) in [6.45, 7) is 12.4. The van der Waals surface area contributed by atoms with Crippen molar-refractivity contribution in [2.75, 3.05) is 13.2 Å². The highest BCUT2D eigenvalue weighted by Gasteiger charge is 2.37. The highest BCUT2D eigenvalue weighted by molar-refractivity contribution is 5.89.